The van der Waals surface area contributed by atoms with Gasteiger partial charge >= 0.3 is 0 Å². The number of rotatable bonds is 8. The van der Waals surface area contributed by atoms with Crippen molar-refractivity contribution in [1.29, 1.82) is 5.26 Å². The lowest BCUT2D eigenvalue weighted by Gasteiger charge is -2.30. The standard InChI is InChI=1S/C18H23N5O3S/c19-7-13-4-12(8-21-9-13)5-17(25)22-14-2-1-3-15(6-14)23-18(26)11-27-10-16(20)24/h4,8-9,14-15H,1-3,5-6,10-11H2,(H2,20,24)(H,22,25)(H,23,26). The summed E-state index contributed by atoms with van der Waals surface area (Å²) in [5, 5.41) is 14.8. The average molecular weight is 389 g/mol. The van der Waals surface area contributed by atoms with Crippen LogP contribution in [0.25, 0.3) is 0 Å². The molecule has 1 aromatic rings. The van der Waals surface area contributed by atoms with Gasteiger partial charge in [0.1, 0.15) is 6.07 Å². The van der Waals surface area contributed by atoms with E-state index in [-0.39, 0.29) is 41.8 Å². The fraction of sp³-hybridized carbons (Fsp3) is 0.500. The van der Waals surface area contributed by atoms with Crippen molar-refractivity contribution in [2.24, 2.45) is 5.73 Å². The molecule has 2 rings (SSSR count). The molecular formula is C18H23N5O3S. The van der Waals surface area contributed by atoms with Gasteiger partial charge in [-0.2, -0.15) is 5.26 Å². The quantitative estimate of drug-likeness (QED) is 0.583. The van der Waals surface area contributed by atoms with Crippen LogP contribution >= 0.6 is 11.8 Å². The number of nitriles is 1. The van der Waals surface area contributed by atoms with E-state index < -0.39 is 5.91 Å². The number of nitrogens with one attached hydrogen (secondary N) is 2. The van der Waals surface area contributed by atoms with E-state index in [4.69, 9.17) is 11.0 Å². The van der Waals surface area contributed by atoms with Crippen molar-refractivity contribution in [1.82, 2.24) is 15.6 Å². The Morgan fingerprint density at radius 3 is 2.56 bits per heavy atom. The molecule has 1 aliphatic carbocycles. The lowest BCUT2D eigenvalue weighted by Crippen LogP contribution is -2.46. The van der Waals surface area contributed by atoms with E-state index in [2.05, 4.69) is 15.6 Å². The Morgan fingerprint density at radius 1 is 1.19 bits per heavy atom. The van der Waals surface area contributed by atoms with E-state index in [1.807, 2.05) is 6.07 Å². The SMILES string of the molecule is N#Cc1cncc(CC(=O)NC2CCCC(NC(=O)CSCC(N)=O)C2)c1. The molecule has 0 aromatic carbocycles. The number of hydrogen-bond donors (Lipinski definition) is 3. The number of primary amides is 1. The molecule has 2 atom stereocenters. The van der Waals surface area contributed by atoms with Crippen molar-refractivity contribution in [2.45, 2.75) is 44.2 Å². The Labute approximate surface area is 162 Å². The molecule has 8 nitrogen and oxygen atoms in total. The van der Waals surface area contributed by atoms with Gasteiger partial charge < -0.3 is 16.4 Å². The highest BCUT2D eigenvalue weighted by Crippen LogP contribution is 2.19. The number of hydrogen-bond acceptors (Lipinski definition) is 6. The first-order valence-electron chi connectivity index (χ1n) is 8.75. The highest BCUT2D eigenvalue weighted by atomic mass is 32.2. The number of amides is 3. The molecule has 1 aromatic heterocycles. The summed E-state index contributed by atoms with van der Waals surface area (Å²) in [5.74, 6) is -0.376. The second-order valence-electron chi connectivity index (χ2n) is 6.53. The van der Waals surface area contributed by atoms with Crippen LogP contribution in [0.15, 0.2) is 18.5 Å². The van der Waals surface area contributed by atoms with Gasteiger partial charge in [-0.15, -0.1) is 11.8 Å². The van der Waals surface area contributed by atoms with E-state index in [0.717, 1.165) is 19.3 Å². The molecule has 0 saturated heterocycles. The van der Waals surface area contributed by atoms with Gasteiger partial charge in [0.25, 0.3) is 0 Å². The van der Waals surface area contributed by atoms with Crippen molar-refractivity contribution in [3.05, 3.63) is 29.6 Å². The maximum atomic E-state index is 12.3. The number of aromatic nitrogens is 1. The smallest absolute Gasteiger partial charge is 0.230 e. The van der Waals surface area contributed by atoms with Crippen molar-refractivity contribution >= 4 is 29.5 Å². The van der Waals surface area contributed by atoms with Crippen molar-refractivity contribution in [3.63, 3.8) is 0 Å². The summed E-state index contributed by atoms with van der Waals surface area (Å²) in [5.41, 5.74) is 6.17. The average Bonchev–Trinajstić information content (AvgIpc) is 2.61. The summed E-state index contributed by atoms with van der Waals surface area (Å²) in [6.45, 7) is 0. The second kappa shape index (κ2) is 10.5. The molecule has 27 heavy (non-hydrogen) atoms. The minimum atomic E-state index is -0.441. The first-order chi connectivity index (χ1) is 13.0. The largest absolute Gasteiger partial charge is 0.369 e. The minimum absolute atomic E-state index is 0.00179. The summed E-state index contributed by atoms with van der Waals surface area (Å²) < 4.78 is 0. The molecule has 0 radical (unpaired) electrons. The van der Waals surface area contributed by atoms with Gasteiger partial charge in [-0.1, -0.05) is 0 Å². The van der Waals surface area contributed by atoms with Crippen LogP contribution in [0.3, 0.4) is 0 Å². The zero-order valence-electron chi connectivity index (χ0n) is 14.9. The first kappa shape index (κ1) is 20.7. The minimum Gasteiger partial charge on any atom is -0.369 e. The van der Waals surface area contributed by atoms with E-state index in [9.17, 15) is 14.4 Å². The van der Waals surface area contributed by atoms with Crippen LogP contribution in [0.4, 0.5) is 0 Å². The maximum Gasteiger partial charge on any atom is 0.230 e. The van der Waals surface area contributed by atoms with Gasteiger partial charge in [-0.3, -0.25) is 19.4 Å². The lowest BCUT2D eigenvalue weighted by molar-refractivity contribution is -0.121. The number of carbonyl (C=O) groups is 3. The Morgan fingerprint density at radius 2 is 1.89 bits per heavy atom. The molecule has 2 unspecified atom stereocenters. The van der Waals surface area contributed by atoms with Crippen molar-refractivity contribution in [3.8, 4) is 6.07 Å². The summed E-state index contributed by atoms with van der Waals surface area (Å²) in [4.78, 5) is 38.8. The molecule has 0 spiro atoms. The zero-order valence-corrected chi connectivity index (χ0v) is 15.8. The van der Waals surface area contributed by atoms with Crippen LogP contribution < -0.4 is 16.4 Å². The van der Waals surface area contributed by atoms with Crippen LogP contribution in [0.5, 0.6) is 0 Å². The van der Waals surface area contributed by atoms with Gasteiger partial charge in [-0.25, -0.2) is 0 Å². The third kappa shape index (κ3) is 7.66. The van der Waals surface area contributed by atoms with Gasteiger partial charge in [0.15, 0.2) is 0 Å². The molecule has 4 N–H and O–H groups in total. The Balaban J connectivity index is 1.76. The third-order valence-corrected chi connectivity index (χ3v) is 5.13. The van der Waals surface area contributed by atoms with Crippen LogP contribution in [0.2, 0.25) is 0 Å². The van der Waals surface area contributed by atoms with Crippen molar-refractivity contribution < 1.29 is 14.4 Å². The Kier molecular flexibility index (Phi) is 8.07. The van der Waals surface area contributed by atoms with Crippen LogP contribution in [0, 0.1) is 11.3 Å². The summed E-state index contributed by atoms with van der Waals surface area (Å²) in [6, 6.07) is 3.67. The Hall–Kier alpha value is -2.60. The van der Waals surface area contributed by atoms with Gasteiger partial charge in [-0.05, 0) is 37.3 Å². The van der Waals surface area contributed by atoms with Crippen LogP contribution in [-0.2, 0) is 20.8 Å². The highest BCUT2D eigenvalue weighted by molar-refractivity contribution is 8.00. The van der Waals surface area contributed by atoms with E-state index >= 15 is 0 Å². The summed E-state index contributed by atoms with van der Waals surface area (Å²) >= 11 is 1.19. The summed E-state index contributed by atoms with van der Waals surface area (Å²) in [7, 11) is 0. The first-order valence-corrected chi connectivity index (χ1v) is 9.90. The molecule has 1 heterocycles. The molecule has 1 aliphatic rings. The fourth-order valence-electron chi connectivity index (χ4n) is 3.08. The van der Waals surface area contributed by atoms with Crippen molar-refractivity contribution in [2.75, 3.05) is 11.5 Å². The molecule has 144 valence electrons. The highest BCUT2D eigenvalue weighted by Gasteiger charge is 2.24. The number of nitrogens with two attached hydrogens (primary N) is 1. The molecule has 1 saturated carbocycles. The van der Waals surface area contributed by atoms with Gasteiger partial charge in [0, 0.05) is 24.5 Å². The molecule has 0 aliphatic heterocycles. The maximum absolute atomic E-state index is 12.3. The number of nitrogens with zero attached hydrogens (tertiary/aromatic N) is 2. The number of pyridine rings is 1. The predicted molar refractivity (Wildman–Crippen MR) is 102 cm³/mol. The second-order valence-corrected chi connectivity index (χ2v) is 7.51. The predicted octanol–water partition coefficient (Wildman–Crippen LogP) is 0.258. The van der Waals surface area contributed by atoms with Crippen LogP contribution in [-0.4, -0.2) is 46.3 Å². The van der Waals surface area contributed by atoms with E-state index in [1.54, 1.807) is 12.3 Å². The molecule has 1 fully saturated rings. The molecular weight excluding hydrogens is 366 g/mol. The van der Waals surface area contributed by atoms with Crippen LogP contribution in [0.1, 0.15) is 36.8 Å². The van der Waals surface area contributed by atoms with E-state index in [1.165, 1.54) is 18.0 Å². The monoisotopic (exact) mass is 389 g/mol. The molecule has 3 amide bonds. The van der Waals surface area contributed by atoms with E-state index in [0.29, 0.717) is 17.5 Å². The third-order valence-electron chi connectivity index (χ3n) is 4.17. The molecule has 9 heteroatoms. The van der Waals surface area contributed by atoms with Gasteiger partial charge in [0.2, 0.25) is 17.7 Å². The summed E-state index contributed by atoms with van der Waals surface area (Å²) in [6.07, 6.45) is 6.52. The topological polar surface area (TPSA) is 138 Å². The fourth-order valence-corrected chi connectivity index (χ4v) is 3.65. The number of thioether (sulfide) groups is 1. The van der Waals surface area contributed by atoms with Gasteiger partial charge in [0.05, 0.1) is 23.5 Å². The number of carbonyl (C=O) groups excluding carboxylic acids is 3. The normalized spacial score (nSPS) is 18.9. The zero-order chi connectivity index (χ0) is 19.6. The lowest BCUT2D eigenvalue weighted by atomic mass is 9.90. The Bertz CT molecular complexity index is 734. The molecule has 0 bridgehead atoms.